The van der Waals surface area contributed by atoms with Gasteiger partial charge in [0, 0.05) is 12.4 Å². The number of anilines is 1. The molecule has 0 spiro atoms. The first-order valence-corrected chi connectivity index (χ1v) is 5.30. The van der Waals surface area contributed by atoms with E-state index < -0.39 is 6.29 Å². The SMILES string of the molecule is N#Cc1ccc(N2C=C(Br)C=NC2N)cn1. The van der Waals surface area contributed by atoms with Gasteiger partial charge in [0.1, 0.15) is 11.8 Å². The second-order valence-corrected chi connectivity index (χ2v) is 4.04. The van der Waals surface area contributed by atoms with Crippen molar-refractivity contribution in [2.24, 2.45) is 10.7 Å². The molecule has 0 fully saturated rings. The molecule has 2 N–H and O–H groups in total. The molecule has 0 aromatic carbocycles. The molecule has 1 aromatic rings. The van der Waals surface area contributed by atoms with E-state index in [1.165, 1.54) is 0 Å². The first-order valence-electron chi connectivity index (χ1n) is 4.51. The predicted octanol–water partition coefficient (Wildman–Crippen LogP) is 1.32. The van der Waals surface area contributed by atoms with Crippen LogP contribution in [0.3, 0.4) is 0 Å². The van der Waals surface area contributed by atoms with Crippen LogP contribution < -0.4 is 10.6 Å². The van der Waals surface area contributed by atoms with Gasteiger partial charge in [-0.2, -0.15) is 5.26 Å². The van der Waals surface area contributed by atoms with Crippen molar-refractivity contribution >= 4 is 27.8 Å². The maximum atomic E-state index is 8.64. The number of halogens is 1. The van der Waals surface area contributed by atoms with Crippen molar-refractivity contribution < 1.29 is 0 Å². The number of hydrogen-bond donors (Lipinski definition) is 1. The molecule has 0 saturated heterocycles. The number of allylic oxidation sites excluding steroid dienone is 1. The Morgan fingerprint density at radius 1 is 1.50 bits per heavy atom. The largest absolute Gasteiger partial charge is 0.311 e. The lowest BCUT2D eigenvalue weighted by Crippen LogP contribution is -2.38. The van der Waals surface area contributed by atoms with Crippen molar-refractivity contribution in [1.82, 2.24) is 4.98 Å². The van der Waals surface area contributed by atoms with E-state index in [1.54, 1.807) is 29.4 Å². The highest BCUT2D eigenvalue weighted by atomic mass is 79.9. The summed E-state index contributed by atoms with van der Waals surface area (Å²) in [4.78, 5) is 9.82. The average molecular weight is 278 g/mol. The van der Waals surface area contributed by atoms with E-state index in [0.29, 0.717) is 5.69 Å². The predicted molar refractivity (Wildman–Crippen MR) is 64.9 cm³/mol. The smallest absolute Gasteiger partial charge is 0.177 e. The molecular formula is C10H8BrN5. The van der Waals surface area contributed by atoms with Gasteiger partial charge in [-0.3, -0.25) is 10.7 Å². The molecule has 1 aliphatic rings. The molecule has 0 aliphatic carbocycles. The summed E-state index contributed by atoms with van der Waals surface area (Å²) >= 11 is 3.32. The third-order valence-electron chi connectivity index (χ3n) is 2.06. The normalized spacial score (nSPS) is 19.2. The molecule has 0 bridgehead atoms. The Balaban J connectivity index is 2.30. The minimum absolute atomic E-state index is 0.376. The summed E-state index contributed by atoms with van der Waals surface area (Å²) in [6.45, 7) is 0. The van der Waals surface area contributed by atoms with Gasteiger partial charge in [0.15, 0.2) is 6.29 Å². The summed E-state index contributed by atoms with van der Waals surface area (Å²) in [7, 11) is 0. The van der Waals surface area contributed by atoms with Crippen LogP contribution >= 0.6 is 15.9 Å². The number of rotatable bonds is 1. The molecule has 2 rings (SSSR count). The van der Waals surface area contributed by atoms with Gasteiger partial charge in [-0.05, 0) is 28.1 Å². The Labute approximate surface area is 101 Å². The van der Waals surface area contributed by atoms with Crippen LogP contribution in [0.4, 0.5) is 5.69 Å². The Morgan fingerprint density at radius 3 is 2.94 bits per heavy atom. The lowest BCUT2D eigenvalue weighted by Gasteiger charge is -2.26. The van der Waals surface area contributed by atoms with Gasteiger partial charge in [0.25, 0.3) is 0 Å². The van der Waals surface area contributed by atoms with E-state index in [-0.39, 0.29) is 0 Å². The van der Waals surface area contributed by atoms with Gasteiger partial charge in [-0.15, -0.1) is 0 Å². The molecule has 0 saturated carbocycles. The molecular weight excluding hydrogens is 270 g/mol. The standard InChI is InChI=1S/C10H8BrN5/c11-7-4-15-10(13)16(6-7)9-2-1-8(3-12)14-5-9/h1-2,4-6,10H,13H2. The van der Waals surface area contributed by atoms with Crippen molar-refractivity contribution in [1.29, 1.82) is 5.26 Å². The number of nitriles is 1. The third-order valence-corrected chi connectivity index (χ3v) is 2.47. The van der Waals surface area contributed by atoms with Gasteiger partial charge in [-0.25, -0.2) is 4.98 Å². The van der Waals surface area contributed by atoms with E-state index in [0.717, 1.165) is 10.2 Å². The van der Waals surface area contributed by atoms with Crippen LogP contribution in [-0.2, 0) is 0 Å². The first kappa shape index (κ1) is 10.8. The summed E-state index contributed by atoms with van der Waals surface area (Å²) < 4.78 is 0.832. The van der Waals surface area contributed by atoms with Crippen LogP contribution in [0.1, 0.15) is 5.69 Å². The fraction of sp³-hybridized carbons (Fsp3) is 0.100. The second-order valence-electron chi connectivity index (χ2n) is 3.13. The monoisotopic (exact) mass is 277 g/mol. The summed E-state index contributed by atoms with van der Waals surface area (Å²) in [5.74, 6) is 0. The zero-order chi connectivity index (χ0) is 11.5. The molecule has 1 unspecified atom stereocenters. The van der Waals surface area contributed by atoms with Gasteiger partial charge in [-0.1, -0.05) is 0 Å². The number of hydrogen-bond acceptors (Lipinski definition) is 5. The molecule has 1 aliphatic heterocycles. The maximum absolute atomic E-state index is 8.64. The minimum atomic E-state index is -0.462. The lowest BCUT2D eigenvalue weighted by molar-refractivity contribution is 0.709. The fourth-order valence-corrected chi connectivity index (χ4v) is 1.63. The number of aromatic nitrogens is 1. The number of nitrogens with zero attached hydrogens (tertiary/aromatic N) is 4. The third kappa shape index (κ3) is 2.10. The van der Waals surface area contributed by atoms with Gasteiger partial charge < -0.3 is 4.90 Å². The van der Waals surface area contributed by atoms with Crippen molar-refractivity contribution in [3.8, 4) is 6.07 Å². The van der Waals surface area contributed by atoms with Crippen molar-refractivity contribution in [2.45, 2.75) is 6.29 Å². The highest BCUT2D eigenvalue weighted by Gasteiger charge is 2.15. The summed E-state index contributed by atoms with van der Waals surface area (Å²) in [6, 6.07) is 5.38. The van der Waals surface area contributed by atoms with Gasteiger partial charge in [0.05, 0.1) is 16.4 Å². The van der Waals surface area contributed by atoms with Crippen LogP contribution in [0.2, 0.25) is 0 Å². The summed E-state index contributed by atoms with van der Waals surface area (Å²) in [5, 5.41) is 8.64. The zero-order valence-corrected chi connectivity index (χ0v) is 9.79. The molecule has 6 heteroatoms. The van der Waals surface area contributed by atoms with Crippen LogP contribution in [0.5, 0.6) is 0 Å². The highest BCUT2D eigenvalue weighted by molar-refractivity contribution is 9.12. The number of nitrogens with two attached hydrogens (primary N) is 1. The second kappa shape index (κ2) is 4.43. The average Bonchev–Trinajstić information content (AvgIpc) is 2.32. The minimum Gasteiger partial charge on any atom is -0.311 e. The molecule has 2 heterocycles. The molecule has 80 valence electrons. The Kier molecular flexibility index (Phi) is 2.99. The van der Waals surface area contributed by atoms with E-state index >= 15 is 0 Å². The molecule has 5 nitrogen and oxygen atoms in total. The van der Waals surface area contributed by atoms with Crippen molar-refractivity contribution in [2.75, 3.05) is 4.90 Å². The Bertz CT molecular complexity index is 485. The summed E-state index contributed by atoms with van der Waals surface area (Å²) in [5.41, 5.74) is 6.98. The van der Waals surface area contributed by atoms with Crippen molar-refractivity contribution in [3.05, 3.63) is 34.7 Å². The molecule has 1 aromatic heterocycles. The Morgan fingerprint density at radius 2 is 2.31 bits per heavy atom. The van der Waals surface area contributed by atoms with E-state index in [9.17, 15) is 0 Å². The summed E-state index contributed by atoms with van der Waals surface area (Å²) in [6.07, 6.45) is 4.60. The van der Waals surface area contributed by atoms with Gasteiger partial charge >= 0.3 is 0 Å². The number of aliphatic imine (C=N–C) groups is 1. The Hall–Kier alpha value is -1.71. The highest BCUT2D eigenvalue weighted by Crippen LogP contribution is 2.20. The quantitative estimate of drug-likeness (QED) is 0.840. The molecule has 1 atom stereocenters. The molecule has 0 amide bonds. The zero-order valence-electron chi connectivity index (χ0n) is 8.21. The van der Waals surface area contributed by atoms with E-state index in [2.05, 4.69) is 25.9 Å². The van der Waals surface area contributed by atoms with Crippen LogP contribution in [-0.4, -0.2) is 17.5 Å². The topological polar surface area (TPSA) is 78.3 Å². The van der Waals surface area contributed by atoms with Crippen molar-refractivity contribution in [3.63, 3.8) is 0 Å². The van der Waals surface area contributed by atoms with Crippen LogP contribution in [0.15, 0.2) is 34.0 Å². The lowest BCUT2D eigenvalue weighted by atomic mass is 10.3. The molecule has 16 heavy (non-hydrogen) atoms. The van der Waals surface area contributed by atoms with Gasteiger partial charge in [0.2, 0.25) is 0 Å². The fourth-order valence-electron chi connectivity index (χ4n) is 1.29. The van der Waals surface area contributed by atoms with Crippen LogP contribution in [0, 0.1) is 11.3 Å². The van der Waals surface area contributed by atoms with E-state index in [1.807, 2.05) is 12.3 Å². The van der Waals surface area contributed by atoms with Crippen LogP contribution in [0.25, 0.3) is 0 Å². The first-order chi connectivity index (χ1) is 7.70. The molecule has 0 radical (unpaired) electrons. The number of pyridine rings is 1. The van der Waals surface area contributed by atoms with E-state index in [4.69, 9.17) is 11.0 Å². The maximum Gasteiger partial charge on any atom is 0.177 e.